The normalized spacial score (nSPS) is 30.2. The molecule has 5 heteroatoms. The van der Waals surface area contributed by atoms with E-state index in [0.717, 1.165) is 12.8 Å². The lowest BCUT2D eigenvalue weighted by Gasteiger charge is -2.48. The maximum atomic E-state index is 12.7. The van der Waals surface area contributed by atoms with Gasteiger partial charge in [0.2, 0.25) is 6.29 Å². The summed E-state index contributed by atoms with van der Waals surface area (Å²) in [6, 6.07) is 0. The number of esters is 2. The Morgan fingerprint density at radius 3 is 2.57 bits per heavy atom. The van der Waals surface area contributed by atoms with Crippen LogP contribution < -0.4 is 0 Å². The maximum absolute atomic E-state index is 12.7. The van der Waals surface area contributed by atoms with Crippen molar-refractivity contribution in [1.29, 1.82) is 0 Å². The van der Waals surface area contributed by atoms with Crippen molar-refractivity contribution < 1.29 is 23.8 Å². The number of hydrogen-bond acceptors (Lipinski definition) is 5. The molecule has 23 heavy (non-hydrogen) atoms. The molecule has 2 bridgehead atoms. The molecule has 0 amide bonds. The van der Waals surface area contributed by atoms with E-state index in [-0.39, 0.29) is 0 Å². The molecular formula is C18H30O5. The van der Waals surface area contributed by atoms with Crippen molar-refractivity contribution in [3.8, 4) is 0 Å². The summed E-state index contributed by atoms with van der Waals surface area (Å²) < 4.78 is 16.6. The van der Waals surface area contributed by atoms with E-state index in [1.807, 2.05) is 20.8 Å². The molecule has 0 aromatic heterocycles. The Hall–Kier alpha value is -1.10. The van der Waals surface area contributed by atoms with Gasteiger partial charge in [0.25, 0.3) is 0 Å². The summed E-state index contributed by atoms with van der Waals surface area (Å²) >= 11 is 0. The van der Waals surface area contributed by atoms with E-state index in [1.54, 1.807) is 0 Å². The SMILES string of the molecule is CCCCCCC[C@H]1O[C@H]2CC[C@]1(C(=O)OC(C)(C)C)C(=O)O2. The third-order valence-corrected chi connectivity index (χ3v) is 4.58. The molecule has 0 aromatic carbocycles. The molecule has 3 atom stereocenters. The third kappa shape index (κ3) is 4.06. The van der Waals surface area contributed by atoms with Crippen LogP contribution in [0.2, 0.25) is 0 Å². The van der Waals surface area contributed by atoms with Gasteiger partial charge in [-0.15, -0.1) is 0 Å². The van der Waals surface area contributed by atoms with E-state index in [0.29, 0.717) is 19.3 Å². The molecule has 0 spiro atoms. The second kappa shape index (κ2) is 7.20. The second-order valence-electron chi connectivity index (χ2n) is 7.67. The summed E-state index contributed by atoms with van der Waals surface area (Å²) in [5, 5.41) is 0. The molecule has 5 nitrogen and oxygen atoms in total. The van der Waals surface area contributed by atoms with Crippen LogP contribution in [-0.4, -0.2) is 29.9 Å². The number of hydrogen-bond donors (Lipinski definition) is 0. The maximum Gasteiger partial charge on any atom is 0.328 e. The fourth-order valence-electron chi connectivity index (χ4n) is 3.35. The lowest BCUT2D eigenvalue weighted by molar-refractivity contribution is -0.280. The third-order valence-electron chi connectivity index (χ3n) is 4.58. The first-order chi connectivity index (χ1) is 10.8. The number of ether oxygens (including phenoxy) is 3. The van der Waals surface area contributed by atoms with Crippen molar-refractivity contribution in [2.45, 2.75) is 97.1 Å². The molecule has 0 unspecified atom stereocenters. The van der Waals surface area contributed by atoms with Gasteiger partial charge in [0.05, 0.1) is 6.10 Å². The Balaban J connectivity index is 2.06. The molecule has 3 fully saturated rings. The zero-order valence-corrected chi connectivity index (χ0v) is 14.9. The lowest BCUT2D eigenvalue weighted by atomic mass is 9.72. The topological polar surface area (TPSA) is 61.8 Å². The Kier molecular flexibility index (Phi) is 5.71. The zero-order chi connectivity index (χ0) is 17.1. The molecule has 3 aliphatic rings. The first kappa shape index (κ1) is 18.2. The van der Waals surface area contributed by atoms with Gasteiger partial charge in [-0.3, -0.25) is 9.59 Å². The molecule has 0 aromatic rings. The first-order valence-corrected chi connectivity index (χ1v) is 8.89. The van der Waals surface area contributed by atoms with Gasteiger partial charge in [-0.1, -0.05) is 39.0 Å². The molecular weight excluding hydrogens is 296 g/mol. The van der Waals surface area contributed by atoms with Crippen LogP contribution in [0.3, 0.4) is 0 Å². The van der Waals surface area contributed by atoms with Crippen LogP contribution in [0.15, 0.2) is 0 Å². The molecule has 132 valence electrons. The van der Waals surface area contributed by atoms with Gasteiger partial charge in [-0.2, -0.15) is 0 Å². The van der Waals surface area contributed by atoms with E-state index < -0.39 is 35.3 Å². The largest absolute Gasteiger partial charge is 0.459 e. The quantitative estimate of drug-likeness (QED) is 0.405. The summed E-state index contributed by atoms with van der Waals surface area (Å²) in [6.45, 7) is 7.60. The highest BCUT2D eigenvalue weighted by Crippen LogP contribution is 2.47. The van der Waals surface area contributed by atoms with E-state index in [9.17, 15) is 9.59 Å². The van der Waals surface area contributed by atoms with Crippen molar-refractivity contribution in [1.82, 2.24) is 0 Å². The predicted molar refractivity (Wildman–Crippen MR) is 85.6 cm³/mol. The smallest absolute Gasteiger partial charge is 0.328 e. The molecule has 3 aliphatic heterocycles. The minimum absolute atomic E-state index is 0.418. The number of unbranched alkanes of at least 4 members (excludes halogenated alkanes) is 4. The van der Waals surface area contributed by atoms with Crippen molar-refractivity contribution in [2.24, 2.45) is 5.41 Å². The van der Waals surface area contributed by atoms with E-state index in [4.69, 9.17) is 14.2 Å². The average molecular weight is 326 g/mol. The Bertz CT molecular complexity index is 439. The van der Waals surface area contributed by atoms with Crippen molar-refractivity contribution in [2.75, 3.05) is 0 Å². The van der Waals surface area contributed by atoms with Gasteiger partial charge < -0.3 is 14.2 Å². The average Bonchev–Trinajstić information content (AvgIpc) is 2.45. The van der Waals surface area contributed by atoms with Crippen molar-refractivity contribution in [3.63, 3.8) is 0 Å². The monoisotopic (exact) mass is 326 g/mol. The minimum atomic E-state index is -1.27. The van der Waals surface area contributed by atoms with Crippen LogP contribution in [0.25, 0.3) is 0 Å². The second-order valence-corrected chi connectivity index (χ2v) is 7.67. The fourth-order valence-corrected chi connectivity index (χ4v) is 3.35. The molecule has 0 N–H and O–H groups in total. The van der Waals surface area contributed by atoms with Crippen molar-refractivity contribution >= 4 is 11.9 Å². The number of carbonyl (C=O) groups excluding carboxylic acids is 2. The molecule has 0 aliphatic carbocycles. The molecule has 3 heterocycles. The summed E-state index contributed by atoms with van der Waals surface area (Å²) in [6.07, 6.45) is 6.45. The van der Waals surface area contributed by atoms with Gasteiger partial charge in [-0.05, 0) is 33.6 Å². The van der Waals surface area contributed by atoms with Crippen LogP contribution >= 0.6 is 0 Å². The minimum Gasteiger partial charge on any atom is -0.459 e. The van der Waals surface area contributed by atoms with Crippen LogP contribution in [0.5, 0.6) is 0 Å². The number of fused-ring (bicyclic) bond motifs is 3. The molecule has 0 saturated carbocycles. The molecule has 0 radical (unpaired) electrons. The molecule has 3 saturated heterocycles. The van der Waals surface area contributed by atoms with E-state index >= 15 is 0 Å². The summed E-state index contributed by atoms with van der Waals surface area (Å²) in [7, 11) is 0. The summed E-state index contributed by atoms with van der Waals surface area (Å²) in [5.74, 6) is -0.959. The van der Waals surface area contributed by atoms with E-state index in [1.165, 1.54) is 19.3 Å². The van der Waals surface area contributed by atoms with Gasteiger partial charge in [0.1, 0.15) is 5.60 Å². The van der Waals surface area contributed by atoms with Crippen LogP contribution in [0.4, 0.5) is 0 Å². The summed E-state index contributed by atoms with van der Waals surface area (Å²) in [4.78, 5) is 25.2. The Morgan fingerprint density at radius 1 is 1.26 bits per heavy atom. The number of rotatable bonds is 7. The highest BCUT2D eigenvalue weighted by molar-refractivity contribution is 6.01. The Morgan fingerprint density at radius 2 is 1.96 bits per heavy atom. The predicted octanol–water partition coefficient (Wildman–Crippen LogP) is 3.74. The van der Waals surface area contributed by atoms with Gasteiger partial charge in [-0.25, -0.2) is 0 Å². The van der Waals surface area contributed by atoms with Gasteiger partial charge >= 0.3 is 11.9 Å². The zero-order valence-electron chi connectivity index (χ0n) is 14.9. The first-order valence-electron chi connectivity index (χ1n) is 8.89. The van der Waals surface area contributed by atoms with Crippen LogP contribution in [0, 0.1) is 5.41 Å². The van der Waals surface area contributed by atoms with Crippen LogP contribution in [0.1, 0.15) is 79.1 Å². The van der Waals surface area contributed by atoms with Gasteiger partial charge in [0.15, 0.2) is 5.41 Å². The standard InChI is InChI=1S/C18H30O5/c1-5-6-7-8-9-10-13-18(16(20)23-17(2,3)4)12-11-14(21-13)22-15(18)19/h13-14H,5-12H2,1-4H3/t13-,14-,18-/m1/s1. The fraction of sp³-hybridized carbons (Fsp3) is 0.889. The highest BCUT2D eigenvalue weighted by Gasteiger charge is 2.63. The van der Waals surface area contributed by atoms with E-state index in [2.05, 4.69) is 6.92 Å². The van der Waals surface area contributed by atoms with Crippen LogP contribution in [-0.2, 0) is 23.8 Å². The lowest BCUT2D eigenvalue weighted by Crippen LogP contribution is -2.62. The summed E-state index contributed by atoms with van der Waals surface area (Å²) in [5.41, 5.74) is -1.90. The highest BCUT2D eigenvalue weighted by atomic mass is 16.7. The van der Waals surface area contributed by atoms with Crippen molar-refractivity contribution in [3.05, 3.63) is 0 Å². The Labute approximate surface area is 139 Å². The number of carbonyl (C=O) groups is 2. The molecule has 3 rings (SSSR count). The van der Waals surface area contributed by atoms with Gasteiger partial charge in [0, 0.05) is 6.42 Å².